The minimum atomic E-state index is -1.75. The molecule has 0 aromatic heterocycles. The van der Waals surface area contributed by atoms with Gasteiger partial charge in [0.05, 0.1) is 30.5 Å². The molecule has 27 heavy (non-hydrogen) atoms. The molecule has 166 valence electrons. The number of hydrogen-bond acceptors (Lipinski definition) is 18. The van der Waals surface area contributed by atoms with Crippen LogP contribution in [0.4, 0.5) is 0 Å². The summed E-state index contributed by atoms with van der Waals surface area (Å²) < 4.78 is 0. The average molecular weight is 549 g/mol. The molecule has 0 N–H and O–H groups in total. The maximum absolute atomic E-state index is 8.25. The third-order valence-corrected chi connectivity index (χ3v) is 0. The molecule has 27 heteroatoms. The number of hydrogen-bond donors (Lipinski definition) is 0. The number of rotatable bonds is 0. The molecule has 0 spiro atoms. The van der Waals surface area contributed by atoms with E-state index in [-0.39, 0.29) is 50.6 Å². The summed E-state index contributed by atoms with van der Waals surface area (Å²) in [4.78, 5) is 49.5. The van der Waals surface area contributed by atoms with Crippen LogP contribution in [-0.2, 0) is 50.6 Å². The molecule has 0 heterocycles. The summed E-state index contributed by atoms with van der Waals surface area (Å²) in [5.74, 6) is 0. The Balaban J connectivity index is -0.0000000201. The summed E-state index contributed by atoms with van der Waals surface area (Å²) in [5, 5.41) is 88.5. The van der Waals surface area contributed by atoms with Gasteiger partial charge in [0.2, 0.25) is 0 Å². The van der Waals surface area contributed by atoms with Crippen molar-refractivity contribution in [2.24, 2.45) is 0 Å². The maximum Gasteiger partial charge on any atom is 2.00 e. The minimum Gasteiger partial charge on any atom is -0.356 e. The predicted molar refractivity (Wildman–Crippen MR) is 62.2 cm³/mol. The zero-order valence-corrected chi connectivity index (χ0v) is 14.1. The minimum absolute atomic E-state index is 0. The molecule has 0 amide bonds. The van der Waals surface area contributed by atoms with Gasteiger partial charge in [-0.25, -0.2) is 0 Å². The van der Waals surface area contributed by atoms with E-state index in [1.165, 1.54) is 0 Å². The first-order valence-electron chi connectivity index (χ1n) is 3.29. The van der Waals surface area contributed by atoms with Crippen LogP contribution in [0.2, 0.25) is 0 Å². The molecule has 0 aliphatic heterocycles. The molecule has 0 atom stereocenters. The van der Waals surface area contributed by atoms with Crippen LogP contribution in [0.15, 0.2) is 0 Å². The van der Waals surface area contributed by atoms with Crippen molar-refractivity contribution in [2.75, 3.05) is 0 Å². The normalized spacial score (nSPS) is 5.33. The van der Waals surface area contributed by atoms with Crippen LogP contribution in [0.3, 0.4) is 0 Å². The molecule has 0 aromatic rings. The fraction of sp³-hybridized carbons (Fsp3) is 0. The van der Waals surface area contributed by atoms with E-state index in [0.717, 1.165) is 0 Å². The SMILES string of the molecule is O=[N+]([O-])[O-].O=[N+]([O-])[O-].O=[N+]([O-])[O-].O=[N+]([O-])[O-].O=[N+]([O-])[O-].O=[N+]([O-])[O-].[Cu+2].[Mn+2].[Ni+2]. The van der Waals surface area contributed by atoms with E-state index in [2.05, 4.69) is 0 Å². The Labute approximate surface area is 173 Å². The van der Waals surface area contributed by atoms with Gasteiger partial charge in [-0.05, 0) is 0 Å². The van der Waals surface area contributed by atoms with Crippen LogP contribution in [0.5, 0.6) is 0 Å². The van der Waals surface area contributed by atoms with Crippen molar-refractivity contribution >= 4 is 0 Å². The topological polar surface area (TPSA) is 397 Å². The van der Waals surface area contributed by atoms with Crippen LogP contribution >= 0.6 is 0 Å². The Kier molecular flexibility index (Phi) is 104. The molecule has 0 fully saturated rings. The molecule has 0 aliphatic carbocycles. The predicted octanol–water partition coefficient (Wildman–Crippen LogP) is -1.44. The Morgan fingerprint density at radius 1 is 0.333 bits per heavy atom. The molecule has 0 rings (SSSR count). The van der Waals surface area contributed by atoms with Gasteiger partial charge in [-0.1, -0.05) is 0 Å². The molecule has 0 unspecified atom stereocenters. The summed E-state index contributed by atoms with van der Waals surface area (Å²) >= 11 is 0. The van der Waals surface area contributed by atoms with Gasteiger partial charge in [0.1, 0.15) is 0 Å². The Morgan fingerprint density at radius 2 is 0.333 bits per heavy atom. The Hall–Kier alpha value is -3.27. The van der Waals surface area contributed by atoms with Crippen molar-refractivity contribution in [1.29, 1.82) is 0 Å². The van der Waals surface area contributed by atoms with E-state index in [4.69, 9.17) is 91.9 Å². The zero-order valence-electron chi connectivity index (χ0n) is 11.0. The van der Waals surface area contributed by atoms with Crippen LogP contribution in [0, 0.1) is 91.9 Å². The molecule has 0 saturated carbocycles. The molecular formula is CuMnN6NiO18. The monoisotopic (exact) mass is 548 g/mol. The van der Waals surface area contributed by atoms with Crippen LogP contribution in [0.1, 0.15) is 0 Å². The summed E-state index contributed by atoms with van der Waals surface area (Å²) in [6, 6.07) is 0. The van der Waals surface area contributed by atoms with E-state index in [1.807, 2.05) is 0 Å². The van der Waals surface area contributed by atoms with Gasteiger partial charge in [0, 0.05) is 0 Å². The van der Waals surface area contributed by atoms with Crippen molar-refractivity contribution in [3.63, 3.8) is 0 Å². The van der Waals surface area contributed by atoms with Crippen molar-refractivity contribution in [1.82, 2.24) is 0 Å². The van der Waals surface area contributed by atoms with E-state index >= 15 is 0 Å². The van der Waals surface area contributed by atoms with Crippen molar-refractivity contribution in [3.8, 4) is 0 Å². The third kappa shape index (κ3) is 915. The van der Waals surface area contributed by atoms with Crippen molar-refractivity contribution in [3.05, 3.63) is 91.9 Å². The van der Waals surface area contributed by atoms with Crippen LogP contribution < -0.4 is 0 Å². The smallest absolute Gasteiger partial charge is 0.356 e. The first-order valence-corrected chi connectivity index (χ1v) is 3.29. The Bertz CT molecular complexity index is 269. The van der Waals surface area contributed by atoms with Crippen molar-refractivity contribution < 1.29 is 81.1 Å². The first-order chi connectivity index (χ1) is 10.4. The Morgan fingerprint density at radius 3 is 0.333 bits per heavy atom. The van der Waals surface area contributed by atoms with Gasteiger partial charge in [-0.3, -0.25) is 0 Å². The fourth-order valence-electron chi connectivity index (χ4n) is 0. The van der Waals surface area contributed by atoms with Gasteiger partial charge in [0.15, 0.2) is 0 Å². The molecule has 0 saturated heterocycles. The first kappa shape index (κ1) is 56.5. The maximum atomic E-state index is 8.25. The van der Waals surface area contributed by atoms with Gasteiger partial charge in [-0.2, -0.15) is 0 Å². The molecule has 0 bridgehead atoms. The summed E-state index contributed by atoms with van der Waals surface area (Å²) in [5.41, 5.74) is 0. The quantitative estimate of drug-likeness (QED) is 0.189. The van der Waals surface area contributed by atoms with Crippen LogP contribution in [0.25, 0.3) is 0 Å². The zero-order chi connectivity index (χ0) is 21.5. The summed E-state index contributed by atoms with van der Waals surface area (Å²) in [6.45, 7) is 0. The van der Waals surface area contributed by atoms with E-state index in [9.17, 15) is 0 Å². The van der Waals surface area contributed by atoms with Crippen LogP contribution in [-0.4, -0.2) is 30.5 Å². The third-order valence-electron chi connectivity index (χ3n) is 0. The number of nitrogens with zero attached hydrogens (tertiary/aromatic N) is 6. The molecular weight excluding hydrogens is 549 g/mol. The summed E-state index contributed by atoms with van der Waals surface area (Å²) in [7, 11) is 0. The van der Waals surface area contributed by atoms with E-state index < -0.39 is 30.5 Å². The summed E-state index contributed by atoms with van der Waals surface area (Å²) in [6.07, 6.45) is 0. The largest absolute Gasteiger partial charge is 2.00 e. The second kappa shape index (κ2) is 49.5. The average Bonchev–Trinajstić information content (AvgIpc) is 2.08. The molecule has 0 aliphatic rings. The van der Waals surface area contributed by atoms with Gasteiger partial charge in [0.25, 0.3) is 0 Å². The van der Waals surface area contributed by atoms with Crippen molar-refractivity contribution in [2.45, 2.75) is 0 Å². The van der Waals surface area contributed by atoms with E-state index in [0.29, 0.717) is 0 Å². The van der Waals surface area contributed by atoms with Gasteiger partial charge < -0.3 is 91.9 Å². The van der Waals surface area contributed by atoms with E-state index in [1.54, 1.807) is 0 Å². The van der Waals surface area contributed by atoms with Gasteiger partial charge in [-0.15, -0.1) is 0 Å². The second-order valence-corrected chi connectivity index (χ2v) is 1.34. The van der Waals surface area contributed by atoms with Gasteiger partial charge >= 0.3 is 50.6 Å². The standard InChI is InChI=1S/Cu.Mn.6NO3.Ni/c;;6*2-1(3)4;/q2*+2;6*-1;+2. The molecule has 24 nitrogen and oxygen atoms in total. The molecule has 2 radical (unpaired) electrons. The molecule has 0 aromatic carbocycles. The fourth-order valence-corrected chi connectivity index (χ4v) is 0. The second-order valence-electron chi connectivity index (χ2n) is 1.34.